The van der Waals surface area contributed by atoms with E-state index in [4.69, 9.17) is 9.47 Å². The lowest BCUT2D eigenvalue weighted by molar-refractivity contribution is -0.119. The van der Waals surface area contributed by atoms with Crippen LogP contribution < -0.4 is 10.1 Å². The number of ether oxygens (including phenoxy) is 2. The van der Waals surface area contributed by atoms with Crippen LogP contribution in [0.5, 0.6) is 5.75 Å². The molecule has 30 heavy (non-hydrogen) atoms. The number of anilines is 1. The average Bonchev–Trinajstić information content (AvgIpc) is 3.25. The lowest BCUT2D eigenvalue weighted by Gasteiger charge is -2.09. The van der Waals surface area contributed by atoms with E-state index in [0.29, 0.717) is 17.9 Å². The first-order valence-corrected chi connectivity index (χ1v) is 10.0. The van der Waals surface area contributed by atoms with Crippen molar-refractivity contribution < 1.29 is 19.1 Å². The third-order valence-electron chi connectivity index (χ3n) is 5.05. The number of hydrogen-bond donors (Lipinski definition) is 1. The monoisotopic (exact) mass is 401 g/mol. The summed E-state index contributed by atoms with van der Waals surface area (Å²) in [5.74, 6) is -0.248. The normalized spacial score (nSPS) is 12.1. The highest BCUT2D eigenvalue weighted by Gasteiger charge is 2.13. The minimum atomic E-state index is -0.547. The van der Waals surface area contributed by atoms with Crippen LogP contribution in [-0.4, -0.2) is 18.5 Å². The molecule has 1 amide bonds. The fourth-order valence-corrected chi connectivity index (χ4v) is 3.49. The SMILES string of the molecule is O=C(COC(=O)c1ccc(OCc2ccccc2)cc1)Nc1ccc2c(c1)CCC2. The first kappa shape index (κ1) is 19.7. The number of rotatable bonds is 7. The molecule has 0 aliphatic heterocycles. The second-order valence-electron chi connectivity index (χ2n) is 7.26. The van der Waals surface area contributed by atoms with Crippen LogP contribution in [0.3, 0.4) is 0 Å². The molecule has 152 valence electrons. The van der Waals surface area contributed by atoms with Crippen LogP contribution in [0.2, 0.25) is 0 Å². The molecular formula is C25H23NO4. The van der Waals surface area contributed by atoms with Crippen LogP contribution >= 0.6 is 0 Å². The molecule has 0 atom stereocenters. The maximum atomic E-state index is 12.2. The van der Waals surface area contributed by atoms with Gasteiger partial charge in [-0.2, -0.15) is 0 Å². The Balaban J connectivity index is 1.25. The number of nitrogens with one attached hydrogen (secondary N) is 1. The molecule has 1 N–H and O–H groups in total. The predicted molar refractivity (Wildman–Crippen MR) is 115 cm³/mol. The molecular weight excluding hydrogens is 378 g/mol. The molecule has 0 spiro atoms. The number of benzene rings is 3. The van der Waals surface area contributed by atoms with Crippen LogP contribution in [0.15, 0.2) is 72.8 Å². The van der Waals surface area contributed by atoms with Crippen molar-refractivity contribution in [2.24, 2.45) is 0 Å². The summed E-state index contributed by atoms with van der Waals surface area (Å²) in [6.45, 7) is 0.121. The zero-order valence-electron chi connectivity index (χ0n) is 16.6. The Labute approximate surface area is 175 Å². The summed E-state index contributed by atoms with van der Waals surface area (Å²) in [7, 11) is 0. The van der Waals surface area contributed by atoms with Gasteiger partial charge in [-0.3, -0.25) is 4.79 Å². The molecule has 5 heteroatoms. The van der Waals surface area contributed by atoms with Crippen LogP contribution in [0.1, 0.15) is 33.5 Å². The fraction of sp³-hybridized carbons (Fsp3) is 0.200. The molecule has 0 heterocycles. The van der Waals surface area contributed by atoms with E-state index >= 15 is 0 Å². The molecule has 1 aliphatic carbocycles. The molecule has 0 unspecified atom stereocenters. The molecule has 0 bridgehead atoms. The Bertz CT molecular complexity index is 1030. The van der Waals surface area contributed by atoms with Crippen molar-refractivity contribution in [1.29, 1.82) is 0 Å². The summed E-state index contributed by atoms with van der Waals surface area (Å²) in [5.41, 5.74) is 4.79. The van der Waals surface area contributed by atoms with Gasteiger partial charge in [0.25, 0.3) is 5.91 Å². The van der Waals surface area contributed by atoms with Gasteiger partial charge in [0.1, 0.15) is 12.4 Å². The fourth-order valence-electron chi connectivity index (χ4n) is 3.49. The second-order valence-corrected chi connectivity index (χ2v) is 7.26. The Hall–Kier alpha value is -3.60. The third kappa shape index (κ3) is 5.06. The van der Waals surface area contributed by atoms with Crippen LogP contribution in [0.25, 0.3) is 0 Å². The highest BCUT2D eigenvalue weighted by Crippen LogP contribution is 2.24. The number of carbonyl (C=O) groups is 2. The number of hydrogen-bond acceptors (Lipinski definition) is 4. The second kappa shape index (κ2) is 9.27. The molecule has 1 aliphatic rings. The maximum Gasteiger partial charge on any atom is 0.338 e. The van der Waals surface area contributed by atoms with E-state index < -0.39 is 5.97 Å². The summed E-state index contributed by atoms with van der Waals surface area (Å²) in [4.78, 5) is 24.3. The van der Waals surface area contributed by atoms with E-state index in [0.717, 1.165) is 30.5 Å². The number of aryl methyl sites for hydroxylation is 2. The molecule has 0 aromatic heterocycles. The third-order valence-corrected chi connectivity index (χ3v) is 5.05. The van der Waals surface area contributed by atoms with Gasteiger partial charge in [-0.1, -0.05) is 36.4 Å². The summed E-state index contributed by atoms with van der Waals surface area (Å²) >= 11 is 0. The van der Waals surface area contributed by atoms with E-state index in [1.54, 1.807) is 24.3 Å². The molecule has 3 aromatic rings. The maximum absolute atomic E-state index is 12.2. The van der Waals surface area contributed by atoms with Crippen molar-refractivity contribution in [1.82, 2.24) is 0 Å². The highest BCUT2D eigenvalue weighted by atomic mass is 16.5. The van der Waals surface area contributed by atoms with Crippen molar-refractivity contribution in [3.8, 4) is 5.75 Å². The van der Waals surface area contributed by atoms with E-state index in [2.05, 4.69) is 5.32 Å². The quantitative estimate of drug-likeness (QED) is 0.590. The number of esters is 1. The summed E-state index contributed by atoms with van der Waals surface area (Å²) in [5, 5.41) is 2.78. The van der Waals surface area contributed by atoms with Crippen molar-refractivity contribution >= 4 is 17.6 Å². The van der Waals surface area contributed by atoms with Crippen LogP contribution in [0.4, 0.5) is 5.69 Å². The zero-order valence-corrected chi connectivity index (χ0v) is 16.6. The van der Waals surface area contributed by atoms with E-state index in [1.165, 1.54) is 11.1 Å². The van der Waals surface area contributed by atoms with Gasteiger partial charge in [0.15, 0.2) is 6.61 Å². The van der Waals surface area contributed by atoms with Crippen molar-refractivity contribution in [2.75, 3.05) is 11.9 Å². The first-order valence-electron chi connectivity index (χ1n) is 10.0. The molecule has 0 fully saturated rings. The topological polar surface area (TPSA) is 64.6 Å². The minimum absolute atomic E-state index is 0.331. The highest BCUT2D eigenvalue weighted by molar-refractivity contribution is 5.95. The Morgan fingerprint density at radius 3 is 2.43 bits per heavy atom. The Morgan fingerprint density at radius 2 is 1.63 bits per heavy atom. The molecule has 5 nitrogen and oxygen atoms in total. The van der Waals surface area contributed by atoms with Crippen LogP contribution in [-0.2, 0) is 29.0 Å². The van der Waals surface area contributed by atoms with Gasteiger partial charge in [-0.15, -0.1) is 0 Å². The lowest BCUT2D eigenvalue weighted by Crippen LogP contribution is -2.21. The van der Waals surface area contributed by atoms with Crippen molar-refractivity contribution in [2.45, 2.75) is 25.9 Å². The molecule has 0 saturated carbocycles. The first-order chi connectivity index (χ1) is 14.7. The summed E-state index contributed by atoms with van der Waals surface area (Å²) < 4.78 is 10.8. The Kier molecular flexibility index (Phi) is 6.09. The van der Waals surface area contributed by atoms with Gasteiger partial charge in [-0.25, -0.2) is 4.79 Å². The average molecular weight is 401 g/mol. The number of amides is 1. The van der Waals surface area contributed by atoms with Gasteiger partial charge < -0.3 is 14.8 Å². The lowest BCUT2D eigenvalue weighted by atomic mass is 10.1. The standard InChI is InChI=1S/C25H23NO4/c27-24(26-22-12-9-19-7-4-8-21(19)15-22)17-30-25(28)20-10-13-23(14-11-20)29-16-18-5-2-1-3-6-18/h1-3,5-6,9-15H,4,7-8,16-17H2,(H,26,27). The Morgan fingerprint density at radius 1 is 0.867 bits per heavy atom. The largest absolute Gasteiger partial charge is 0.489 e. The zero-order chi connectivity index (χ0) is 20.8. The predicted octanol–water partition coefficient (Wildman–Crippen LogP) is 4.55. The smallest absolute Gasteiger partial charge is 0.338 e. The molecule has 3 aromatic carbocycles. The number of fused-ring (bicyclic) bond motifs is 1. The van der Waals surface area contributed by atoms with Gasteiger partial charge in [0.2, 0.25) is 0 Å². The van der Waals surface area contributed by atoms with Crippen LogP contribution in [0, 0.1) is 0 Å². The van der Waals surface area contributed by atoms with E-state index in [9.17, 15) is 9.59 Å². The van der Waals surface area contributed by atoms with Gasteiger partial charge >= 0.3 is 5.97 Å². The molecule has 4 rings (SSSR count). The van der Waals surface area contributed by atoms with Gasteiger partial charge in [-0.05, 0) is 72.4 Å². The van der Waals surface area contributed by atoms with E-state index in [1.807, 2.05) is 48.5 Å². The summed E-state index contributed by atoms with van der Waals surface area (Å²) in [6.07, 6.45) is 3.29. The minimum Gasteiger partial charge on any atom is -0.489 e. The van der Waals surface area contributed by atoms with Gasteiger partial charge in [0, 0.05) is 5.69 Å². The van der Waals surface area contributed by atoms with Gasteiger partial charge in [0.05, 0.1) is 5.56 Å². The number of carbonyl (C=O) groups excluding carboxylic acids is 2. The van der Waals surface area contributed by atoms with E-state index in [-0.39, 0.29) is 12.5 Å². The summed E-state index contributed by atoms with van der Waals surface area (Å²) in [6, 6.07) is 22.4. The molecule has 0 saturated heterocycles. The molecule has 0 radical (unpaired) electrons. The van der Waals surface area contributed by atoms with Crippen molar-refractivity contribution in [3.05, 3.63) is 95.1 Å². The van der Waals surface area contributed by atoms with Crippen molar-refractivity contribution in [3.63, 3.8) is 0 Å².